The van der Waals surface area contributed by atoms with Crippen LogP contribution in [0.15, 0.2) is 27.0 Å². The second-order valence-electron chi connectivity index (χ2n) is 10.9. The van der Waals surface area contributed by atoms with Crippen molar-refractivity contribution in [2.45, 2.75) is 115 Å². The number of nitrogens with zero attached hydrogens (tertiary/aromatic N) is 4. The van der Waals surface area contributed by atoms with Crippen LogP contribution in [0.1, 0.15) is 85.3 Å². The normalized spacial score (nSPS) is 22.5. The number of nitrogens with one attached hydrogen (secondary N) is 3. The Morgan fingerprint density at radius 2 is 1.65 bits per heavy atom. The summed E-state index contributed by atoms with van der Waals surface area (Å²) >= 11 is 0. The van der Waals surface area contributed by atoms with Gasteiger partial charge in [-0.15, -0.1) is 0 Å². The van der Waals surface area contributed by atoms with E-state index >= 15 is 4.39 Å². The molecule has 1 aliphatic heterocycles. The number of azide groups is 1. The van der Waals surface area contributed by atoms with E-state index in [1.54, 1.807) is 0 Å². The second kappa shape index (κ2) is 18.9. The van der Waals surface area contributed by atoms with E-state index < -0.39 is 73.8 Å². The summed E-state index contributed by atoms with van der Waals surface area (Å²) in [5.74, 6) is -1.56. The highest BCUT2D eigenvalue weighted by Gasteiger charge is 2.57. The molecule has 0 radical (unpaired) electrons. The van der Waals surface area contributed by atoms with E-state index in [4.69, 9.17) is 18.7 Å². The Morgan fingerprint density at radius 3 is 2.13 bits per heavy atom. The Labute approximate surface area is 265 Å². The first kappa shape index (κ1) is 39.1. The number of ether oxygens (including phenoxy) is 3. The number of aliphatic hydroxyl groups excluding tert-OH is 1. The Kier molecular flexibility index (Phi) is 16.0. The van der Waals surface area contributed by atoms with Crippen molar-refractivity contribution in [3.63, 3.8) is 0 Å². The van der Waals surface area contributed by atoms with Gasteiger partial charge in [0.05, 0.1) is 19.8 Å². The summed E-state index contributed by atoms with van der Waals surface area (Å²) in [6.45, 7) is 5.89. The smallest absolute Gasteiger partial charge is 0.342 e. The van der Waals surface area contributed by atoms with E-state index in [0.717, 1.165) is 50.8 Å². The number of carbonyl (C=O) groups excluding carboxylic acids is 2. The third kappa shape index (κ3) is 11.3. The zero-order chi connectivity index (χ0) is 34.3. The van der Waals surface area contributed by atoms with Crippen molar-refractivity contribution in [3.05, 3.63) is 43.5 Å². The highest BCUT2D eigenvalue weighted by Crippen LogP contribution is 2.45. The predicted molar refractivity (Wildman–Crippen MR) is 163 cm³/mol. The van der Waals surface area contributed by atoms with Crippen molar-refractivity contribution in [1.82, 2.24) is 19.7 Å². The molecular weight excluding hydrogens is 632 g/mol. The number of H-pyrrole nitrogens is 1. The van der Waals surface area contributed by atoms with Gasteiger partial charge in [0.15, 0.2) is 12.4 Å². The van der Waals surface area contributed by atoms with Gasteiger partial charge >= 0.3 is 25.3 Å². The maximum atomic E-state index is 15.3. The van der Waals surface area contributed by atoms with Gasteiger partial charge in [0.1, 0.15) is 18.2 Å². The summed E-state index contributed by atoms with van der Waals surface area (Å²) in [5, 5.41) is 19.1. The molecule has 1 saturated heterocycles. The summed E-state index contributed by atoms with van der Waals surface area (Å²) in [7, 11) is -4.53. The first-order chi connectivity index (χ1) is 21.8. The Balaban J connectivity index is 2.27. The topological polar surface area (TPSA) is 236 Å². The number of hydrogen-bond acceptors (Lipinski definition) is 11. The quantitative estimate of drug-likeness (QED) is 0.0367. The van der Waals surface area contributed by atoms with E-state index in [2.05, 4.69) is 20.2 Å². The first-order valence-electron chi connectivity index (χ1n) is 15.3. The van der Waals surface area contributed by atoms with Gasteiger partial charge in [-0.2, -0.15) is 0 Å². The fraction of sp³-hybridized carbons (Fsp3) is 0.778. The molecule has 0 bridgehead atoms. The van der Waals surface area contributed by atoms with Crippen molar-refractivity contribution in [2.24, 2.45) is 5.11 Å². The fourth-order valence-corrected chi connectivity index (χ4v) is 6.28. The van der Waals surface area contributed by atoms with Crippen LogP contribution in [0.5, 0.6) is 0 Å². The van der Waals surface area contributed by atoms with Crippen LogP contribution in [0.3, 0.4) is 0 Å². The lowest BCUT2D eigenvalue weighted by atomic mass is 10.1. The van der Waals surface area contributed by atoms with Gasteiger partial charge in [-0.3, -0.25) is 28.5 Å². The average Bonchev–Trinajstić information content (AvgIpc) is 3.25. The fourth-order valence-electron chi connectivity index (χ4n) is 4.46. The molecule has 0 unspecified atom stereocenters. The molecule has 2 heterocycles. The van der Waals surface area contributed by atoms with Crippen LogP contribution in [0.4, 0.5) is 4.39 Å². The summed E-state index contributed by atoms with van der Waals surface area (Å²) in [6, 6.07) is -1.61. The summed E-state index contributed by atoms with van der Waals surface area (Å²) in [6.07, 6.45) is 1.20. The number of unbranched alkanes of at least 4 members (excludes halogenated alkanes) is 6. The lowest BCUT2D eigenvalue weighted by Gasteiger charge is -2.31. The molecule has 1 fully saturated rings. The van der Waals surface area contributed by atoms with Crippen LogP contribution >= 0.6 is 7.67 Å². The molecule has 19 heteroatoms. The number of esters is 2. The van der Waals surface area contributed by atoms with Crippen LogP contribution < -0.4 is 21.4 Å². The van der Waals surface area contributed by atoms with Gasteiger partial charge in [-0.1, -0.05) is 57.5 Å². The highest BCUT2D eigenvalue weighted by molar-refractivity contribution is 7.54. The minimum atomic E-state index is -4.53. The Bertz CT molecular complexity index is 1320. The number of halogens is 1. The molecule has 0 amide bonds. The van der Waals surface area contributed by atoms with E-state index in [1.165, 1.54) is 13.8 Å². The predicted octanol–water partition coefficient (Wildman–Crippen LogP) is 3.10. The molecule has 4 N–H and O–H groups in total. The monoisotopic (exact) mass is 677 g/mol. The molecule has 1 aromatic heterocycles. The summed E-state index contributed by atoms with van der Waals surface area (Å²) < 4.78 is 51.6. The molecule has 1 aliphatic rings. The van der Waals surface area contributed by atoms with Gasteiger partial charge < -0.3 is 23.8 Å². The lowest BCUT2D eigenvalue weighted by molar-refractivity contribution is -0.145. The van der Waals surface area contributed by atoms with Crippen molar-refractivity contribution < 1.29 is 42.4 Å². The third-order valence-electron chi connectivity index (χ3n) is 7.07. The van der Waals surface area contributed by atoms with Gasteiger partial charge in [0.2, 0.25) is 5.72 Å². The van der Waals surface area contributed by atoms with E-state index in [0.29, 0.717) is 17.4 Å². The number of aromatic amines is 1. The van der Waals surface area contributed by atoms with E-state index in [-0.39, 0.29) is 13.2 Å². The Hall–Kier alpha value is -3.11. The van der Waals surface area contributed by atoms with E-state index in [1.807, 2.05) is 18.8 Å². The number of carbonyl (C=O) groups is 2. The average molecular weight is 678 g/mol. The van der Waals surface area contributed by atoms with Gasteiger partial charge in [0, 0.05) is 17.2 Å². The Morgan fingerprint density at radius 1 is 1.11 bits per heavy atom. The first-order valence-corrected chi connectivity index (χ1v) is 17.0. The zero-order valence-electron chi connectivity index (χ0n) is 26.6. The summed E-state index contributed by atoms with van der Waals surface area (Å²) in [4.78, 5) is 53.6. The molecule has 46 heavy (non-hydrogen) atoms. The van der Waals surface area contributed by atoms with Crippen molar-refractivity contribution in [2.75, 3.05) is 19.8 Å². The molecule has 6 atom stereocenters. The minimum absolute atomic E-state index is 0.119. The SMILES string of the molecule is CCCCCCOC(=O)[C@H](C)NP(=O)(N[C@@H](C)C(=O)OCCCCCC)OC[C@@]1(N=[N+]=[N-])O[C@@H](n2ccc(=O)[nH]c2=O)[C@H](F)[C@@H]1O. The molecule has 0 aliphatic carbocycles. The van der Waals surface area contributed by atoms with Crippen LogP contribution in [0.25, 0.3) is 10.4 Å². The number of hydrogen-bond donors (Lipinski definition) is 4. The molecule has 2 rings (SSSR count). The summed E-state index contributed by atoms with van der Waals surface area (Å²) in [5.41, 5.74) is 4.79. The molecular formula is C27H45FN7O10P. The maximum absolute atomic E-state index is 15.3. The van der Waals surface area contributed by atoms with Crippen molar-refractivity contribution in [1.29, 1.82) is 0 Å². The largest absolute Gasteiger partial charge is 0.465 e. The second-order valence-corrected chi connectivity index (χ2v) is 12.8. The number of aliphatic hydroxyl groups is 1. The number of aromatic nitrogens is 2. The van der Waals surface area contributed by atoms with Crippen LogP contribution in [-0.4, -0.2) is 76.5 Å². The third-order valence-corrected chi connectivity index (χ3v) is 9.02. The molecule has 0 spiro atoms. The van der Waals surface area contributed by atoms with Gasteiger partial charge in [0.25, 0.3) is 5.56 Å². The molecule has 0 saturated carbocycles. The van der Waals surface area contributed by atoms with Crippen LogP contribution in [0.2, 0.25) is 0 Å². The minimum Gasteiger partial charge on any atom is -0.465 e. The van der Waals surface area contributed by atoms with E-state index in [9.17, 15) is 34.4 Å². The highest BCUT2D eigenvalue weighted by atomic mass is 31.2. The molecule has 17 nitrogen and oxygen atoms in total. The van der Waals surface area contributed by atoms with Crippen LogP contribution in [-0.2, 0) is 32.9 Å². The van der Waals surface area contributed by atoms with Crippen molar-refractivity contribution >= 4 is 19.6 Å². The molecule has 0 aromatic carbocycles. The molecule has 260 valence electrons. The lowest BCUT2D eigenvalue weighted by Crippen LogP contribution is -2.47. The number of alkyl halides is 1. The van der Waals surface area contributed by atoms with Gasteiger partial charge in [-0.25, -0.2) is 19.4 Å². The zero-order valence-corrected chi connectivity index (χ0v) is 27.4. The maximum Gasteiger partial charge on any atom is 0.342 e. The van der Waals surface area contributed by atoms with Crippen molar-refractivity contribution in [3.8, 4) is 0 Å². The van der Waals surface area contributed by atoms with Crippen LogP contribution in [0, 0.1) is 0 Å². The van der Waals surface area contributed by atoms with Gasteiger partial charge in [-0.05, 0) is 32.2 Å². The number of rotatable bonds is 21. The molecule has 1 aromatic rings. The standard InChI is InChI=1S/C27H45FN7O10P/c1-5-7-9-11-15-42-24(38)18(3)31-46(41,32-19(4)25(39)43-16-12-10-8-6-2)44-17-27(33-34-29)22(37)21(28)23(45-27)35-14-13-20(36)30-26(35)40/h13-14,18-19,21-23,37H,5-12,15-17H2,1-4H3,(H,30,36,40)(H2,31,32,41)/t18-,19-,21+,22-,23+,27+/m0/s1.